The standard InChI is InChI=1S/C22H32N2O6/c1-28-18-12-17(13-19(14-18)29-2)23-20(25)10-9-16-6-5-11-24(15-16)21(26)7-4-8-22(27)30-3/h12-14,16H,4-11,15H2,1-3H3,(H,23,25)/t16-/m1/s1. The number of likely N-dealkylation sites (tertiary alicyclic amines) is 1. The van der Waals surface area contributed by atoms with Crippen molar-refractivity contribution in [2.24, 2.45) is 5.92 Å². The predicted octanol–water partition coefficient (Wildman–Crippen LogP) is 3.00. The molecule has 1 heterocycles. The molecular weight excluding hydrogens is 388 g/mol. The predicted molar refractivity (Wildman–Crippen MR) is 113 cm³/mol. The Morgan fingerprint density at radius 2 is 1.73 bits per heavy atom. The van der Waals surface area contributed by atoms with E-state index in [1.807, 2.05) is 4.90 Å². The largest absolute Gasteiger partial charge is 0.497 e. The zero-order chi connectivity index (χ0) is 21.9. The number of methoxy groups -OCH3 is 3. The van der Waals surface area contributed by atoms with Gasteiger partial charge in [-0.25, -0.2) is 0 Å². The summed E-state index contributed by atoms with van der Waals surface area (Å²) in [5.74, 6) is 1.22. The molecule has 1 aliphatic heterocycles. The number of nitrogens with one attached hydrogen (secondary N) is 1. The van der Waals surface area contributed by atoms with Crippen LogP contribution in [-0.2, 0) is 19.1 Å². The fourth-order valence-corrected chi connectivity index (χ4v) is 3.61. The van der Waals surface area contributed by atoms with E-state index in [1.165, 1.54) is 7.11 Å². The number of carbonyl (C=O) groups excluding carboxylic acids is 3. The van der Waals surface area contributed by atoms with Crippen molar-refractivity contribution in [3.05, 3.63) is 18.2 Å². The number of anilines is 1. The SMILES string of the molecule is COC(=O)CCCC(=O)N1CCC[C@H](CCC(=O)Nc2cc(OC)cc(OC)c2)C1. The number of benzene rings is 1. The van der Waals surface area contributed by atoms with Crippen LogP contribution in [0.15, 0.2) is 18.2 Å². The molecule has 0 bridgehead atoms. The van der Waals surface area contributed by atoms with Gasteiger partial charge in [0.15, 0.2) is 0 Å². The number of piperidine rings is 1. The number of hydrogen-bond donors (Lipinski definition) is 1. The minimum absolute atomic E-state index is 0.0662. The Morgan fingerprint density at radius 1 is 1.03 bits per heavy atom. The van der Waals surface area contributed by atoms with Gasteiger partial charge < -0.3 is 24.4 Å². The highest BCUT2D eigenvalue weighted by Gasteiger charge is 2.24. The van der Waals surface area contributed by atoms with Gasteiger partial charge in [-0.2, -0.15) is 0 Å². The molecule has 1 aromatic rings. The molecule has 30 heavy (non-hydrogen) atoms. The van der Waals surface area contributed by atoms with Crippen LogP contribution in [0.4, 0.5) is 5.69 Å². The maximum Gasteiger partial charge on any atom is 0.305 e. The van der Waals surface area contributed by atoms with Crippen LogP contribution in [0.25, 0.3) is 0 Å². The fourth-order valence-electron chi connectivity index (χ4n) is 3.61. The minimum Gasteiger partial charge on any atom is -0.497 e. The summed E-state index contributed by atoms with van der Waals surface area (Å²) in [6.45, 7) is 1.40. The maximum atomic E-state index is 12.4. The molecule has 1 atom stereocenters. The number of carbonyl (C=O) groups is 3. The second kappa shape index (κ2) is 12.0. The van der Waals surface area contributed by atoms with Gasteiger partial charge >= 0.3 is 5.97 Å². The van der Waals surface area contributed by atoms with Crippen molar-refractivity contribution in [1.29, 1.82) is 0 Å². The van der Waals surface area contributed by atoms with Crippen molar-refractivity contribution in [3.8, 4) is 11.5 Å². The minimum atomic E-state index is -0.293. The Bertz CT molecular complexity index is 714. The van der Waals surface area contributed by atoms with E-state index >= 15 is 0 Å². The normalized spacial score (nSPS) is 16.0. The molecule has 1 fully saturated rings. The fraction of sp³-hybridized carbons (Fsp3) is 0.591. The van der Waals surface area contributed by atoms with Crippen LogP contribution in [0.1, 0.15) is 44.9 Å². The zero-order valence-corrected chi connectivity index (χ0v) is 18.1. The average Bonchev–Trinajstić information content (AvgIpc) is 2.77. The first-order chi connectivity index (χ1) is 14.4. The molecule has 0 spiro atoms. The van der Waals surface area contributed by atoms with E-state index < -0.39 is 0 Å². The van der Waals surface area contributed by atoms with E-state index in [-0.39, 0.29) is 24.2 Å². The van der Waals surface area contributed by atoms with Gasteiger partial charge in [0.25, 0.3) is 0 Å². The summed E-state index contributed by atoms with van der Waals surface area (Å²) in [6.07, 6.45) is 4.15. The van der Waals surface area contributed by atoms with Crippen LogP contribution in [0.5, 0.6) is 11.5 Å². The number of hydrogen-bond acceptors (Lipinski definition) is 6. The lowest BCUT2D eigenvalue weighted by Gasteiger charge is -2.33. The van der Waals surface area contributed by atoms with Crippen LogP contribution >= 0.6 is 0 Å². The molecule has 1 saturated heterocycles. The van der Waals surface area contributed by atoms with Gasteiger partial charge in [-0.3, -0.25) is 14.4 Å². The molecule has 1 N–H and O–H groups in total. The molecule has 8 nitrogen and oxygen atoms in total. The number of nitrogens with zero attached hydrogens (tertiary/aromatic N) is 1. The Morgan fingerprint density at radius 3 is 2.37 bits per heavy atom. The van der Waals surface area contributed by atoms with E-state index in [4.69, 9.17) is 9.47 Å². The third-order valence-electron chi connectivity index (χ3n) is 5.29. The number of rotatable bonds is 10. The smallest absolute Gasteiger partial charge is 0.305 e. The quantitative estimate of drug-likeness (QED) is 0.585. The highest BCUT2D eigenvalue weighted by Crippen LogP contribution is 2.26. The summed E-state index contributed by atoms with van der Waals surface area (Å²) in [5, 5.41) is 2.89. The van der Waals surface area contributed by atoms with Gasteiger partial charge in [-0.15, -0.1) is 0 Å². The van der Waals surface area contributed by atoms with E-state index in [0.29, 0.717) is 48.9 Å². The highest BCUT2D eigenvalue weighted by atomic mass is 16.5. The molecule has 1 aromatic carbocycles. The maximum absolute atomic E-state index is 12.4. The van der Waals surface area contributed by atoms with Crippen molar-refractivity contribution in [2.75, 3.05) is 39.7 Å². The Kier molecular flexibility index (Phi) is 9.44. The summed E-state index contributed by atoms with van der Waals surface area (Å²) in [5.41, 5.74) is 0.627. The van der Waals surface area contributed by atoms with Crippen LogP contribution < -0.4 is 14.8 Å². The van der Waals surface area contributed by atoms with Gasteiger partial charge in [0, 0.05) is 56.2 Å². The molecule has 0 aromatic heterocycles. The zero-order valence-electron chi connectivity index (χ0n) is 18.1. The Hall–Kier alpha value is -2.77. The highest BCUT2D eigenvalue weighted by molar-refractivity contribution is 5.91. The molecule has 8 heteroatoms. The number of amides is 2. The van der Waals surface area contributed by atoms with Crippen molar-refractivity contribution in [3.63, 3.8) is 0 Å². The van der Waals surface area contributed by atoms with Crippen LogP contribution in [0, 0.1) is 5.92 Å². The Balaban J connectivity index is 1.78. The summed E-state index contributed by atoms with van der Waals surface area (Å²) >= 11 is 0. The van der Waals surface area contributed by atoms with Crippen molar-refractivity contribution in [2.45, 2.75) is 44.9 Å². The van der Waals surface area contributed by atoms with Crippen molar-refractivity contribution >= 4 is 23.5 Å². The van der Waals surface area contributed by atoms with E-state index in [2.05, 4.69) is 10.1 Å². The van der Waals surface area contributed by atoms with Gasteiger partial charge in [0.05, 0.1) is 21.3 Å². The number of ether oxygens (including phenoxy) is 3. The summed E-state index contributed by atoms with van der Waals surface area (Å²) in [4.78, 5) is 37.8. The molecule has 166 valence electrons. The van der Waals surface area contributed by atoms with Crippen molar-refractivity contribution in [1.82, 2.24) is 4.90 Å². The average molecular weight is 421 g/mol. The molecule has 2 rings (SSSR count). The third-order valence-corrected chi connectivity index (χ3v) is 5.29. The molecule has 0 unspecified atom stereocenters. The second-order valence-corrected chi connectivity index (χ2v) is 7.47. The van der Waals surface area contributed by atoms with Crippen molar-refractivity contribution < 1.29 is 28.6 Å². The summed E-state index contributed by atoms with van der Waals surface area (Å²) in [6, 6.07) is 5.24. The Labute approximate surface area is 177 Å². The monoisotopic (exact) mass is 420 g/mol. The lowest BCUT2D eigenvalue weighted by molar-refractivity contribution is -0.141. The first-order valence-electron chi connectivity index (χ1n) is 10.3. The lowest BCUT2D eigenvalue weighted by atomic mass is 9.93. The van der Waals surface area contributed by atoms with Gasteiger partial charge in [0.2, 0.25) is 11.8 Å². The van der Waals surface area contributed by atoms with E-state index in [9.17, 15) is 14.4 Å². The summed E-state index contributed by atoms with van der Waals surface area (Å²) < 4.78 is 15.0. The number of esters is 1. The molecule has 1 aliphatic rings. The summed E-state index contributed by atoms with van der Waals surface area (Å²) in [7, 11) is 4.47. The topological polar surface area (TPSA) is 94.2 Å². The third kappa shape index (κ3) is 7.57. The molecule has 0 radical (unpaired) electrons. The molecular formula is C22H32N2O6. The van der Waals surface area contributed by atoms with Crippen LogP contribution in [0.3, 0.4) is 0 Å². The molecule has 0 saturated carbocycles. The van der Waals surface area contributed by atoms with E-state index in [0.717, 1.165) is 25.8 Å². The van der Waals surface area contributed by atoms with Gasteiger partial charge in [0.1, 0.15) is 11.5 Å². The van der Waals surface area contributed by atoms with Gasteiger partial charge in [-0.1, -0.05) is 0 Å². The van der Waals surface area contributed by atoms with Crippen LogP contribution in [0.2, 0.25) is 0 Å². The van der Waals surface area contributed by atoms with Gasteiger partial charge in [-0.05, 0) is 31.6 Å². The first kappa shape index (κ1) is 23.5. The van der Waals surface area contributed by atoms with Crippen LogP contribution in [-0.4, -0.2) is 57.1 Å². The second-order valence-electron chi connectivity index (χ2n) is 7.47. The molecule has 0 aliphatic carbocycles. The van der Waals surface area contributed by atoms with E-state index in [1.54, 1.807) is 32.4 Å². The first-order valence-corrected chi connectivity index (χ1v) is 10.3. The lowest BCUT2D eigenvalue weighted by Crippen LogP contribution is -2.40. The molecule has 2 amide bonds.